The van der Waals surface area contributed by atoms with Crippen LogP contribution >= 0.6 is 0 Å². The highest BCUT2D eigenvalue weighted by Crippen LogP contribution is 2.37. The van der Waals surface area contributed by atoms with Crippen LogP contribution < -0.4 is 15.5 Å². The standard InChI is InChI=1S/C25H34N2O6/c1-16-12-20(29)23(31)24(33-16)18(17-8-9-19(28)21(13-17)32-4)14-22(30)26-15-25(27(2)3)10-6-5-7-11-25/h8-9,12-13,18,28,31H,5-7,10-11,14-15H2,1-4H3,(H,26,30)/t18-/m1/s1. The lowest BCUT2D eigenvalue weighted by molar-refractivity contribution is -0.122. The molecule has 1 aliphatic rings. The van der Waals surface area contributed by atoms with Crippen molar-refractivity contribution in [2.24, 2.45) is 0 Å². The average molecular weight is 459 g/mol. The van der Waals surface area contributed by atoms with Crippen LogP contribution in [0.1, 0.15) is 61.5 Å². The molecule has 1 saturated carbocycles. The number of methoxy groups -OCH3 is 1. The van der Waals surface area contributed by atoms with E-state index in [-0.39, 0.29) is 35.1 Å². The lowest BCUT2D eigenvalue weighted by Crippen LogP contribution is -2.53. The summed E-state index contributed by atoms with van der Waals surface area (Å²) in [4.78, 5) is 27.5. The molecule has 1 amide bonds. The minimum Gasteiger partial charge on any atom is -0.504 e. The van der Waals surface area contributed by atoms with Crippen LogP contribution in [0.25, 0.3) is 0 Å². The molecule has 8 heteroatoms. The topological polar surface area (TPSA) is 112 Å². The molecule has 0 aliphatic heterocycles. The molecule has 0 bridgehead atoms. The number of carbonyl (C=O) groups is 1. The molecule has 0 radical (unpaired) electrons. The number of amides is 1. The Hall–Kier alpha value is -3.00. The van der Waals surface area contributed by atoms with Crippen LogP contribution in [0, 0.1) is 6.92 Å². The molecule has 2 aromatic rings. The van der Waals surface area contributed by atoms with Gasteiger partial charge in [-0.15, -0.1) is 0 Å². The zero-order valence-corrected chi connectivity index (χ0v) is 19.8. The summed E-state index contributed by atoms with van der Waals surface area (Å²) in [5, 5.41) is 23.5. The number of benzene rings is 1. The van der Waals surface area contributed by atoms with Crippen LogP contribution in [0.15, 0.2) is 33.5 Å². The van der Waals surface area contributed by atoms with Crippen molar-refractivity contribution >= 4 is 5.91 Å². The van der Waals surface area contributed by atoms with Gasteiger partial charge in [-0.1, -0.05) is 25.3 Å². The van der Waals surface area contributed by atoms with Gasteiger partial charge in [0.15, 0.2) is 17.3 Å². The molecule has 1 heterocycles. The zero-order valence-electron chi connectivity index (χ0n) is 19.8. The highest BCUT2D eigenvalue weighted by atomic mass is 16.5. The van der Waals surface area contributed by atoms with E-state index in [4.69, 9.17) is 9.15 Å². The van der Waals surface area contributed by atoms with E-state index in [1.165, 1.54) is 25.7 Å². The summed E-state index contributed by atoms with van der Waals surface area (Å²) in [5.74, 6) is -0.968. The second kappa shape index (κ2) is 10.3. The Morgan fingerprint density at radius 3 is 2.55 bits per heavy atom. The summed E-state index contributed by atoms with van der Waals surface area (Å²) in [5.41, 5.74) is -0.0778. The molecule has 8 nitrogen and oxygen atoms in total. The molecule has 1 aromatic heterocycles. The summed E-state index contributed by atoms with van der Waals surface area (Å²) in [7, 11) is 5.51. The third-order valence-corrected chi connectivity index (χ3v) is 6.73. The van der Waals surface area contributed by atoms with Crippen LogP contribution in [0.3, 0.4) is 0 Å². The van der Waals surface area contributed by atoms with Crippen LogP contribution in [0.2, 0.25) is 0 Å². The molecule has 33 heavy (non-hydrogen) atoms. The van der Waals surface area contributed by atoms with Gasteiger partial charge >= 0.3 is 0 Å². The minimum absolute atomic E-state index is 0.0166. The molecule has 0 spiro atoms. The van der Waals surface area contributed by atoms with Gasteiger partial charge in [-0.05, 0) is 51.6 Å². The molecule has 1 atom stereocenters. The number of hydrogen-bond acceptors (Lipinski definition) is 7. The van der Waals surface area contributed by atoms with E-state index in [0.29, 0.717) is 17.9 Å². The number of aryl methyl sites for hydroxylation is 1. The molecule has 3 N–H and O–H groups in total. The van der Waals surface area contributed by atoms with Gasteiger partial charge in [-0.3, -0.25) is 9.59 Å². The normalized spacial score (nSPS) is 16.4. The SMILES string of the molecule is COc1cc([C@@H](CC(=O)NCC2(N(C)C)CCCCC2)c2oc(C)cc(=O)c2O)ccc1O. The van der Waals surface area contributed by atoms with Crippen molar-refractivity contribution < 1.29 is 24.2 Å². The average Bonchev–Trinajstić information content (AvgIpc) is 2.79. The predicted octanol–water partition coefficient (Wildman–Crippen LogP) is 3.27. The Bertz CT molecular complexity index is 1040. The van der Waals surface area contributed by atoms with Crippen molar-refractivity contribution in [3.05, 3.63) is 51.6 Å². The summed E-state index contributed by atoms with van der Waals surface area (Å²) in [6.07, 6.45) is 5.47. The number of rotatable bonds is 8. The highest BCUT2D eigenvalue weighted by Gasteiger charge is 2.35. The van der Waals surface area contributed by atoms with E-state index in [1.54, 1.807) is 19.1 Å². The molecule has 1 aliphatic carbocycles. The molecular weight excluding hydrogens is 424 g/mol. The number of phenols is 1. The monoisotopic (exact) mass is 458 g/mol. The number of phenolic OH excluding ortho intramolecular Hbond substituents is 1. The Balaban J connectivity index is 1.90. The maximum absolute atomic E-state index is 13.1. The summed E-state index contributed by atoms with van der Waals surface area (Å²) < 4.78 is 10.9. The quantitative estimate of drug-likeness (QED) is 0.557. The van der Waals surface area contributed by atoms with Gasteiger partial charge in [0.2, 0.25) is 17.1 Å². The number of nitrogens with one attached hydrogen (secondary N) is 1. The first-order valence-corrected chi connectivity index (χ1v) is 11.3. The van der Waals surface area contributed by atoms with Crippen LogP contribution in [-0.2, 0) is 4.79 Å². The zero-order chi connectivity index (χ0) is 24.2. The third kappa shape index (κ3) is 5.50. The second-order valence-electron chi connectivity index (χ2n) is 9.08. The number of nitrogens with zero attached hydrogens (tertiary/aromatic N) is 1. The Kier molecular flexibility index (Phi) is 7.68. The lowest BCUT2D eigenvalue weighted by Gasteiger charge is -2.43. The molecule has 3 rings (SSSR count). The molecule has 0 unspecified atom stereocenters. The van der Waals surface area contributed by atoms with Gasteiger partial charge in [-0.25, -0.2) is 0 Å². The van der Waals surface area contributed by atoms with Crippen LogP contribution in [-0.4, -0.2) is 54.3 Å². The second-order valence-corrected chi connectivity index (χ2v) is 9.08. The predicted molar refractivity (Wildman–Crippen MR) is 125 cm³/mol. The fourth-order valence-electron chi connectivity index (χ4n) is 4.65. The number of aromatic hydroxyl groups is 2. The van der Waals surface area contributed by atoms with Gasteiger partial charge in [-0.2, -0.15) is 0 Å². The van der Waals surface area contributed by atoms with Crippen molar-refractivity contribution in [2.45, 2.75) is 56.9 Å². The first kappa shape index (κ1) is 24.6. The van der Waals surface area contributed by atoms with E-state index in [1.807, 2.05) is 14.1 Å². The van der Waals surface area contributed by atoms with E-state index < -0.39 is 17.1 Å². The summed E-state index contributed by atoms with van der Waals surface area (Å²) >= 11 is 0. The Morgan fingerprint density at radius 1 is 1.21 bits per heavy atom. The van der Waals surface area contributed by atoms with E-state index >= 15 is 0 Å². The number of hydrogen-bond donors (Lipinski definition) is 3. The van der Waals surface area contributed by atoms with E-state index in [9.17, 15) is 19.8 Å². The fraction of sp³-hybridized carbons (Fsp3) is 0.520. The van der Waals surface area contributed by atoms with Crippen molar-refractivity contribution in [1.29, 1.82) is 0 Å². The molecule has 1 fully saturated rings. The lowest BCUT2D eigenvalue weighted by atomic mass is 9.80. The van der Waals surface area contributed by atoms with Crippen molar-refractivity contribution in [3.8, 4) is 17.2 Å². The van der Waals surface area contributed by atoms with Gasteiger partial charge in [0.25, 0.3) is 0 Å². The molecule has 180 valence electrons. The number of carbonyl (C=O) groups excluding carboxylic acids is 1. The maximum atomic E-state index is 13.1. The third-order valence-electron chi connectivity index (χ3n) is 6.73. The fourth-order valence-corrected chi connectivity index (χ4v) is 4.65. The molecule has 1 aromatic carbocycles. The van der Waals surface area contributed by atoms with Crippen LogP contribution in [0.4, 0.5) is 0 Å². The van der Waals surface area contributed by atoms with Gasteiger partial charge in [0.05, 0.1) is 13.0 Å². The molecule has 0 saturated heterocycles. The van der Waals surface area contributed by atoms with Crippen LogP contribution in [0.5, 0.6) is 17.2 Å². The summed E-state index contributed by atoms with van der Waals surface area (Å²) in [6.45, 7) is 2.14. The van der Waals surface area contributed by atoms with Crippen molar-refractivity contribution in [2.75, 3.05) is 27.7 Å². The van der Waals surface area contributed by atoms with Crippen molar-refractivity contribution in [1.82, 2.24) is 10.2 Å². The first-order chi connectivity index (χ1) is 15.7. The highest BCUT2D eigenvalue weighted by molar-refractivity contribution is 5.77. The smallest absolute Gasteiger partial charge is 0.227 e. The van der Waals surface area contributed by atoms with E-state index in [0.717, 1.165) is 25.7 Å². The maximum Gasteiger partial charge on any atom is 0.227 e. The van der Waals surface area contributed by atoms with E-state index in [2.05, 4.69) is 10.2 Å². The minimum atomic E-state index is -0.742. The van der Waals surface area contributed by atoms with Gasteiger partial charge in [0.1, 0.15) is 5.76 Å². The first-order valence-electron chi connectivity index (χ1n) is 11.3. The number of ether oxygens (including phenoxy) is 1. The van der Waals surface area contributed by atoms with Crippen molar-refractivity contribution in [3.63, 3.8) is 0 Å². The summed E-state index contributed by atoms with van der Waals surface area (Å²) in [6, 6.07) is 5.86. The molecular formula is C25H34N2O6. The largest absolute Gasteiger partial charge is 0.504 e. The Morgan fingerprint density at radius 2 is 1.91 bits per heavy atom. The Labute approximate surface area is 194 Å². The number of likely N-dealkylation sites (N-methyl/N-ethyl adjacent to an activating group) is 1. The van der Waals surface area contributed by atoms with Gasteiger partial charge in [0, 0.05) is 24.6 Å². The van der Waals surface area contributed by atoms with Gasteiger partial charge < -0.3 is 29.6 Å².